The van der Waals surface area contributed by atoms with Crippen LogP contribution in [0.2, 0.25) is 0 Å². The summed E-state index contributed by atoms with van der Waals surface area (Å²) in [5.74, 6) is -1.56. The fourth-order valence-electron chi connectivity index (χ4n) is 4.62. The first-order valence-electron chi connectivity index (χ1n) is 13.4. The van der Waals surface area contributed by atoms with Gasteiger partial charge in [0.2, 0.25) is 17.7 Å². The molecule has 1 aliphatic carbocycles. The van der Waals surface area contributed by atoms with E-state index in [9.17, 15) is 19.2 Å². The third kappa shape index (κ3) is 9.70. The summed E-state index contributed by atoms with van der Waals surface area (Å²) < 4.78 is 5.32. The molecule has 0 radical (unpaired) electrons. The summed E-state index contributed by atoms with van der Waals surface area (Å²) >= 11 is 0. The Kier molecular flexibility index (Phi) is 11.4. The first-order valence-corrected chi connectivity index (χ1v) is 13.4. The lowest BCUT2D eigenvalue weighted by Gasteiger charge is -2.36. The van der Waals surface area contributed by atoms with E-state index in [4.69, 9.17) is 10.5 Å². The predicted octanol–water partition coefficient (Wildman–Crippen LogP) is 3.88. The van der Waals surface area contributed by atoms with Crippen molar-refractivity contribution in [2.45, 2.75) is 110 Å². The molecule has 1 saturated carbocycles. The lowest BCUT2D eigenvalue weighted by atomic mass is 9.93. The normalized spacial score (nSPS) is 15.8. The van der Waals surface area contributed by atoms with Gasteiger partial charge < -0.3 is 26.0 Å². The van der Waals surface area contributed by atoms with E-state index in [1.807, 2.05) is 38.1 Å². The van der Waals surface area contributed by atoms with Gasteiger partial charge in [-0.05, 0) is 58.1 Å². The van der Waals surface area contributed by atoms with Gasteiger partial charge in [0.15, 0.2) is 0 Å². The number of nitrogens with one attached hydrogen (secondary N) is 2. The van der Waals surface area contributed by atoms with Crippen molar-refractivity contribution in [3.63, 3.8) is 0 Å². The molecule has 0 aromatic heterocycles. The van der Waals surface area contributed by atoms with Crippen LogP contribution < -0.4 is 16.4 Å². The van der Waals surface area contributed by atoms with E-state index in [1.165, 1.54) is 4.90 Å². The number of rotatable bonds is 11. The van der Waals surface area contributed by atoms with E-state index in [1.54, 1.807) is 20.8 Å². The highest BCUT2D eigenvalue weighted by Crippen LogP contribution is 2.28. The van der Waals surface area contributed by atoms with Crippen molar-refractivity contribution < 1.29 is 23.9 Å². The minimum Gasteiger partial charge on any atom is -0.444 e. The van der Waals surface area contributed by atoms with Gasteiger partial charge in [-0.15, -0.1) is 0 Å². The second-order valence-corrected chi connectivity index (χ2v) is 10.9. The molecule has 37 heavy (non-hydrogen) atoms. The molecule has 0 saturated heterocycles. The molecule has 2 rings (SSSR count). The molecular formula is C28H44N4O5. The number of nitrogens with two attached hydrogens (primary N) is 1. The second kappa shape index (κ2) is 14.0. The lowest BCUT2D eigenvalue weighted by molar-refractivity contribution is -0.143. The summed E-state index contributed by atoms with van der Waals surface area (Å²) in [6.07, 6.45) is 5.25. The molecular weight excluding hydrogens is 472 g/mol. The zero-order valence-corrected chi connectivity index (χ0v) is 23.0. The van der Waals surface area contributed by atoms with Gasteiger partial charge in [-0.25, -0.2) is 4.79 Å². The Morgan fingerprint density at radius 3 is 2.32 bits per heavy atom. The van der Waals surface area contributed by atoms with Crippen molar-refractivity contribution in [3.05, 3.63) is 35.4 Å². The third-order valence-electron chi connectivity index (χ3n) is 6.42. The van der Waals surface area contributed by atoms with Crippen LogP contribution in [0.25, 0.3) is 0 Å². The third-order valence-corrected chi connectivity index (χ3v) is 6.42. The molecule has 1 aromatic rings. The molecule has 4 N–H and O–H groups in total. The van der Waals surface area contributed by atoms with Crippen molar-refractivity contribution in [1.82, 2.24) is 15.5 Å². The second-order valence-electron chi connectivity index (χ2n) is 10.9. The smallest absolute Gasteiger partial charge is 0.408 e. The average molecular weight is 517 g/mol. The van der Waals surface area contributed by atoms with Crippen LogP contribution in [0.5, 0.6) is 0 Å². The van der Waals surface area contributed by atoms with Crippen molar-refractivity contribution in [2.24, 2.45) is 5.73 Å². The van der Waals surface area contributed by atoms with Gasteiger partial charge in [-0.2, -0.15) is 0 Å². The van der Waals surface area contributed by atoms with E-state index < -0.39 is 42.0 Å². The van der Waals surface area contributed by atoms with Gasteiger partial charge >= 0.3 is 6.09 Å². The van der Waals surface area contributed by atoms with E-state index in [2.05, 4.69) is 10.6 Å². The summed E-state index contributed by atoms with van der Waals surface area (Å²) in [6, 6.07) is 5.34. The largest absolute Gasteiger partial charge is 0.444 e. The fourth-order valence-corrected chi connectivity index (χ4v) is 4.62. The van der Waals surface area contributed by atoms with Crippen LogP contribution in [0.4, 0.5) is 4.79 Å². The first kappa shape index (κ1) is 30.1. The van der Waals surface area contributed by atoms with Crippen molar-refractivity contribution in [1.29, 1.82) is 0 Å². The molecule has 2 atom stereocenters. The molecule has 9 nitrogen and oxygen atoms in total. The number of hydrogen-bond acceptors (Lipinski definition) is 5. The number of hydrogen-bond donors (Lipinski definition) is 3. The molecule has 0 spiro atoms. The Morgan fingerprint density at radius 1 is 1.11 bits per heavy atom. The predicted molar refractivity (Wildman–Crippen MR) is 143 cm³/mol. The van der Waals surface area contributed by atoms with Gasteiger partial charge in [0.1, 0.15) is 17.7 Å². The van der Waals surface area contributed by atoms with Crippen LogP contribution >= 0.6 is 0 Å². The van der Waals surface area contributed by atoms with Crippen LogP contribution in [0.15, 0.2) is 24.3 Å². The van der Waals surface area contributed by atoms with Crippen LogP contribution in [0.3, 0.4) is 0 Å². The van der Waals surface area contributed by atoms with Crippen molar-refractivity contribution >= 4 is 23.8 Å². The van der Waals surface area contributed by atoms with E-state index in [0.717, 1.165) is 44.1 Å². The maximum atomic E-state index is 14.0. The summed E-state index contributed by atoms with van der Waals surface area (Å²) in [6.45, 7) is 9.28. The number of aryl methyl sites for hydroxylation is 1. The molecule has 0 aliphatic heterocycles. The molecule has 1 aliphatic rings. The minimum absolute atomic E-state index is 0.0530. The lowest BCUT2D eigenvalue weighted by Crippen LogP contribution is -2.55. The standard InChI is InChI=1S/C28H44N4O5/c1-6-7-17-32(26(35)22(18-23(29)33)31-27(36)37-28(3,4)5)24(21-16-12-11-13-19(21)2)25(34)30-20-14-9-8-10-15-20/h11-13,16,20,22,24H,6-10,14-15,17-18H2,1-5H3,(H2,29,33)(H,30,34)(H,31,36). The molecule has 1 aromatic carbocycles. The number of carbonyl (C=O) groups excluding carboxylic acids is 4. The first-order chi connectivity index (χ1) is 17.4. The number of unbranched alkanes of at least 4 members (excludes halogenated alkanes) is 1. The Hall–Kier alpha value is -3.10. The Labute approximate surface area is 220 Å². The number of carbonyl (C=O) groups is 4. The van der Waals surface area contributed by atoms with Gasteiger partial charge in [0, 0.05) is 12.6 Å². The highest BCUT2D eigenvalue weighted by Gasteiger charge is 2.37. The summed E-state index contributed by atoms with van der Waals surface area (Å²) in [5, 5.41) is 5.69. The van der Waals surface area contributed by atoms with Crippen LogP contribution in [0.1, 0.15) is 96.2 Å². The monoisotopic (exact) mass is 516 g/mol. The molecule has 4 amide bonds. The number of alkyl carbamates (subject to hydrolysis) is 1. The molecule has 206 valence electrons. The molecule has 9 heteroatoms. The number of benzene rings is 1. The van der Waals surface area contributed by atoms with E-state index >= 15 is 0 Å². The number of ether oxygens (including phenoxy) is 1. The maximum Gasteiger partial charge on any atom is 0.408 e. The quantitative estimate of drug-likeness (QED) is 0.411. The van der Waals surface area contributed by atoms with Crippen LogP contribution in [-0.4, -0.2) is 52.9 Å². The highest BCUT2D eigenvalue weighted by atomic mass is 16.6. The average Bonchev–Trinajstić information content (AvgIpc) is 2.80. The SMILES string of the molecule is CCCCN(C(=O)C(CC(N)=O)NC(=O)OC(C)(C)C)C(C(=O)NC1CCCCC1)c1ccccc1C. The Morgan fingerprint density at radius 2 is 1.76 bits per heavy atom. The van der Waals surface area contributed by atoms with E-state index in [-0.39, 0.29) is 18.5 Å². The van der Waals surface area contributed by atoms with Gasteiger partial charge in [-0.3, -0.25) is 14.4 Å². The highest BCUT2D eigenvalue weighted by molar-refractivity contribution is 5.94. The minimum atomic E-state index is -1.27. The molecule has 1 fully saturated rings. The van der Waals surface area contributed by atoms with Crippen LogP contribution in [0, 0.1) is 6.92 Å². The molecule has 2 unspecified atom stereocenters. The topological polar surface area (TPSA) is 131 Å². The van der Waals surface area contributed by atoms with Gasteiger partial charge in [-0.1, -0.05) is 56.9 Å². The van der Waals surface area contributed by atoms with Gasteiger partial charge in [0.25, 0.3) is 0 Å². The number of amides is 4. The zero-order chi connectivity index (χ0) is 27.6. The van der Waals surface area contributed by atoms with Crippen LogP contribution in [-0.2, 0) is 19.1 Å². The summed E-state index contributed by atoms with van der Waals surface area (Å²) in [4.78, 5) is 53.7. The number of nitrogens with zero attached hydrogens (tertiary/aromatic N) is 1. The van der Waals surface area contributed by atoms with E-state index in [0.29, 0.717) is 12.0 Å². The van der Waals surface area contributed by atoms with Gasteiger partial charge in [0.05, 0.1) is 6.42 Å². The Balaban J connectivity index is 2.46. The Bertz CT molecular complexity index is 937. The summed E-state index contributed by atoms with van der Waals surface area (Å²) in [5.41, 5.74) is 6.22. The molecule has 0 heterocycles. The summed E-state index contributed by atoms with van der Waals surface area (Å²) in [7, 11) is 0. The number of primary amides is 1. The maximum absolute atomic E-state index is 14.0. The van der Waals surface area contributed by atoms with Crippen molar-refractivity contribution in [3.8, 4) is 0 Å². The van der Waals surface area contributed by atoms with Crippen molar-refractivity contribution in [2.75, 3.05) is 6.54 Å². The molecule has 0 bridgehead atoms. The fraction of sp³-hybridized carbons (Fsp3) is 0.643. The zero-order valence-electron chi connectivity index (χ0n) is 23.0.